The molecule has 0 aromatic carbocycles. The van der Waals surface area contributed by atoms with Crippen LogP contribution in [0.1, 0.15) is 28.2 Å². The highest BCUT2D eigenvalue weighted by Crippen LogP contribution is 2.22. The molecule has 0 spiro atoms. The van der Waals surface area contributed by atoms with Crippen molar-refractivity contribution in [3.63, 3.8) is 0 Å². The van der Waals surface area contributed by atoms with Gasteiger partial charge in [0, 0.05) is 10.9 Å². The van der Waals surface area contributed by atoms with Crippen LogP contribution in [-0.4, -0.2) is 13.1 Å². The molecule has 0 saturated carbocycles. The summed E-state index contributed by atoms with van der Waals surface area (Å²) in [6, 6.07) is 1.62. The van der Waals surface area contributed by atoms with Crippen molar-refractivity contribution in [2.75, 3.05) is 7.11 Å². The van der Waals surface area contributed by atoms with Crippen molar-refractivity contribution in [1.82, 2.24) is 0 Å². The van der Waals surface area contributed by atoms with Crippen LogP contribution < -0.4 is 5.73 Å². The molecule has 1 aromatic heterocycles. The molecule has 0 aliphatic heterocycles. The van der Waals surface area contributed by atoms with Crippen LogP contribution in [0, 0.1) is 0 Å². The van der Waals surface area contributed by atoms with E-state index in [0.717, 1.165) is 4.88 Å². The zero-order chi connectivity index (χ0) is 9.14. The Hall–Kier alpha value is -0.870. The molecule has 4 heteroatoms. The van der Waals surface area contributed by atoms with Crippen LogP contribution in [0.3, 0.4) is 0 Å². The highest BCUT2D eigenvalue weighted by molar-refractivity contribution is 7.10. The number of carbonyl (C=O) groups is 1. The fourth-order valence-electron chi connectivity index (χ4n) is 0.952. The van der Waals surface area contributed by atoms with Gasteiger partial charge in [-0.2, -0.15) is 0 Å². The van der Waals surface area contributed by atoms with Gasteiger partial charge in [-0.3, -0.25) is 0 Å². The number of methoxy groups -OCH3 is 1. The van der Waals surface area contributed by atoms with Crippen molar-refractivity contribution >= 4 is 17.3 Å². The molecule has 1 rings (SSSR count). The topological polar surface area (TPSA) is 52.3 Å². The summed E-state index contributed by atoms with van der Waals surface area (Å²) in [6.07, 6.45) is 0. The smallest absolute Gasteiger partial charge is 0.339 e. The molecule has 12 heavy (non-hydrogen) atoms. The Bertz CT molecular complexity index is 280. The van der Waals surface area contributed by atoms with E-state index in [1.54, 1.807) is 6.07 Å². The quantitative estimate of drug-likeness (QED) is 0.711. The number of carbonyl (C=O) groups excluding carboxylic acids is 1. The van der Waals surface area contributed by atoms with E-state index in [9.17, 15) is 4.79 Å². The second-order valence-corrected chi connectivity index (χ2v) is 3.43. The molecule has 1 heterocycles. The number of hydrogen-bond donors (Lipinski definition) is 1. The molecule has 2 N–H and O–H groups in total. The predicted octanol–water partition coefficient (Wildman–Crippen LogP) is 1.55. The van der Waals surface area contributed by atoms with E-state index in [1.807, 2.05) is 12.3 Å². The number of rotatable bonds is 2. The minimum absolute atomic E-state index is 0.112. The summed E-state index contributed by atoms with van der Waals surface area (Å²) >= 11 is 1.48. The van der Waals surface area contributed by atoms with Crippen LogP contribution in [0.25, 0.3) is 0 Å². The van der Waals surface area contributed by atoms with Crippen molar-refractivity contribution in [3.8, 4) is 0 Å². The molecule has 0 bridgehead atoms. The van der Waals surface area contributed by atoms with Crippen molar-refractivity contribution < 1.29 is 9.53 Å². The summed E-state index contributed by atoms with van der Waals surface area (Å²) < 4.78 is 4.60. The average Bonchev–Trinajstić information content (AvgIpc) is 2.50. The van der Waals surface area contributed by atoms with E-state index in [2.05, 4.69) is 4.74 Å². The van der Waals surface area contributed by atoms with Gasteiger partial charge >= 0.3 is 5.97 Å². The number of esters is 1. The Labute approximate surface area is 75.1 Å². The lowest BCUT2D eigenvalue weighted by molar-refractivity contribution is 0.0600. The van der Waals surface area contributed by atoms with Gasteiger partial charge in [-0.15, -0.1) is 11.3 Å². The molecule has 1 aromatic rings. The van der Waals surface area contributed by atoms with E-state index >= 15 is 0 Å². The third-order valence-electron chi connectivity index (χ3n) is 1.51. The standard InChI is InChI=1S/C8H11NO2S/c1-5(9)7-6(3-4-12-7)8(10)11-2/h3-5H,9H2,1-2H3. The SMILES string of the molecule is COC(=O)c1ccsc1C(C)N. The van der Waals surface area contributed by atoms with E-state index in [1.165, 1.54) is 18.4 Å². The van der Waals surface area contributed by atoms with Crippen molar-refractivity contribution in [3.05, 3.63) is 21.9 Å². The first-order chi connectivity index (χ1) is 5.66. The van der Waals surface area contributed by atoms with Crippen molar-refractivity contribution in [1.29, 1.82) is 0 Å². The second kappa shape index (κ2) is 3.69. The minimum atomic E-state index is -0.316. The van der Waals surface area contributed by atoms with Crippen molar-refractivity contribution in [2.24, 2.45) is 5.73 Å². The van der Waals surface area contributed by atoms with Gasteiger partial charge in [0.15, 0.2) is 0 Å². The fourth-order valence-corrected chi connectivity index (χ4v) is 1.80. The first-order valence-electron chi connectivity index (χ1n) is 3.58. The van der Waals surface area contributed by atoms with Crippen LogP contribution >= 0.6 is 11.3 Å². The van der Waals surface area contributed by atoms with Gasteiger partial charge < -0.3 is 10.5 Å². The summed E-state index contributed by atoms with van der Waals surface area (Å²) in [4.78, 5) is 12.0. The molecule has 66 valence electrons. The summed E-state index contributed by atoms with van der Waals surface area (Å²) in [5, 5.41) is 1.84. The van der Waals surface area contributed by atoms with Crippen LogP contribution in [0.2, 0.25) is 0 Å². The first kappa shape index (κ1) is 9.22. The van der Waals surface area contributed by atoms with E-state index in [4.69, 9.17) is 5.73 Å². The number of thiophene rings is 1. The highest BCUT2D eigenvalue weighted by atomic mass is 32.1. The number of nitrogens with two attached hydrogens (primary N) is 1. The van der Waals surface area contributed by atoms with E-state index in [0.29, 0.717) is 5.56 Å². The van der Waals surface area contributed by atoms with Gasteiger partial charge in [0.05, 0.1) is 12.7 Å². The molecule has 0 aliphatic carbocycles. The molecule has 0 radical (unpaired) electrons. The molecule has 0 amide bonds. The van der Waals surface area contributed by atoms with Gasteiger partial charge in [-0.25, -0.2) is 4.79 Å². The summed E-state index contributed by atoms with van der Waals surface area (Å²) in [5.41, 5.74) is 6.24. The highest BCUT2D eigenvalue weighted by Gasteiger charge is 2.15. The molecular weight excluding hydrogens is 174 g/mol. The first-order valence-corrected chi connectivity index (χ1v) is 4.46. The Morgan fingerprint density at radius 1 is 1.75 bits per heavy atom. The van der Waals surface area contributed by atoms with Crippen LogP contribution in [-0.2, 0) is 4.74 Å². The molecular formula is C8H11NO2S. The molecule has 0 fully saturated rings. The Morgan fingerprint density at radius 3 is 2.92 bits per heavy atom. The molecule has 3 nitrogen and oxygen atoms in total. The largest absolute Gasteiger partial charge is 0.465 e. The van der Waals surface area contributed by atoms with Crippen LogP contribution in [0.4, 0.5) is 0 Å². The summed E-state index contributed by atoms with van der Waals surface area (Å²) in [5.74, 6) is -0.316. The Kier molecular flexibility index (Phi) is 2.83. The third kappa shape index (κ3) is 1.65. The zero-order valence-corrected chi connectivity index (χ0v) is 7.85. The molecule has 0 saturated heterocycles. The van der Waals surface area contributed by atoms with Crippen LogP contribution in [0.5, 0.6) is 0 Å². The number of hydrogen-bond acceptors (Lipinski definition) is 4. The Balaban J connectivity index is 2.99. The maximum absolute atomic E-state index is 11.1. The number of ether oxygens (including phenoxy) is 1. The Morgan fingerprint density at radius 2 is 2.42 bits per heavy atom. The lowest BCUT2D eigenvalue weighted by atomic mass is 10.2. The lowest BCUT2D eigenvalue weighted by Crippen LogP contribution is -2.09. The third-order valence-corrected chi connectivity index (χ3v) is 2.63. The summed E-state index contributed by atoms with van der Waals surface area (Å²) in [7, 11) is 1.37. The second-order valence-electron chi connectivity index (χ2n) is 2.48. The lowest BCUT2D eigenvalue weighted by Gasteiger charge is -2.04. The van der Waals surface area contributed by atoms with E-state index < -0.39 is 0 Å². The van der Waals surface area contributed by atoms with Gasteiger partial charge in [-0.05, 0) is 18.4 Å². The minimum Gasteiger partial charge on any atom is -0.465 e. The normalized spacial score (nSPS) is 12.6. The van der Waals surface area contributed by atoms with Gasteiger partial charge in [0.25, 0.3) is 0 Å². The molecule has 1 unspecified atom stereocenters. The molecule has 1 atom stereocenters. The van der Waals surface area contributed by atoms with Gasteiger partial charge in [-0.1, -0.05) is 0 Å². The van der Waals surface area contributed by atoms with Crippen LogP contribution in [0.15, 0.2) is 11.4 Å². The average molecular weight is 185 g/mol. The zero-order valence-electron chi connectivity index (χ0n) is 7.03. The molecule has 0 aliphatic rings. The maximum atomic E-state index is 11.1. The van der Waals surface area contributed by atoms with Gasteiger partial charge in [0.2, 0.25) is 0 Å². The maximum Gasteiger partial charge on any atom is 0.339 e. The fraction of sp³-hybridized carbons (Fsp3) is 0.375. The summed E-state index contributed by atoms with van der Waals surface area (Å²) in [6.45, 7) is 1.85. The predicted molar refractivity (Wildman–Crippen MR) is 48.3 cm³/mol. The van der Waals surface area contributed by atoms with Crippen molar-refractivity contribution in [2.45, 2.75) is 13.0 Å². The monoisotopic (exact) mass is 185 g/mol. The van der Waals surface area contributed by atoms with Gasteiger partial charge in [0.1, 0.15) is 0 Å². The van der Waals surface area contributed by atoms with E-state index in [-0.39, 0.29) is 12.0 Å².